The van der Waals surface area contributed by atoms with Gasteiger partial charge in [-0.2, -0.15) is 0 Å². The van der Waals surface area contributed by atoms with Crippen LogP contribution in [0.3, 0.4) is 0 Å². The topological polar surface area (TPSA) is 0 Å². The molecule has 0 heterocycles. The Morgan fingerprint density at radius 1 is 1.33 bits per heavy atom. The molecule has 0 aromatic carbocycles. The van der Waals surface area contributed by atoms with Crippen molar-refractivity contribution >= 4 is 0 Å². The van der Waals surface area contributed by atoms with Crippen molar-refractivity contribution in [3.8, 4) is 0 Å². The highest BCUT2D eigenvalue weighted by atomic mass is 14.1. The lowest BCUT2D eigenvalue weighted by molar-refractivity contribution is 0.471. The van der Waals surface area contributed by atoms with Gasteiger partial charge in [0, 0.05) is 0 Å². The van der Waals surface area contributed by atoms with Crippen LogP contribution in [-0.4, -0.2) is 0 Å². The molecule has 0 saturated heterocycles. The fourth-order valence-electron chi connectivity index (χ4n) is 0.833. The van der Waals surface area contributed by atoms with Crippen molar-refractivity contribution in [2.45, 2.75) is 20.3 Å². The van der Waals surface area contributed by atoms with Crippen LogP contribution in [0.4, 0.5) is 0 Å². The lowest BCUT2D eigenvalue weighted by atomic mass is 9.93. The van der Waals surface area contributed by atoms with Gasteiger partial charge in [0.2, 0.25) is 0 Å². The first-order valence-corrected chi connectivity index (χ1v) is 3.45. The van der Waals surface area contributed by atoms with E-state index < -0.39 is 0 Å². The average Bonchev–Trinajstić information content (AvgIpc) is 1.82. The Bertz CT molecular complexity index is 90.2. The minimum Gasteiger partial charge on any atom is -0.103 e. The number of rotatable bonds is 4. The Balaban J connectivity index is 3.66. The predicted octanol–water partition coefficient (Wildman–Crippen LogP) is 3.02. The molecule has 0 fully saturated rings. The molecule has 0 aromatic rings. The van der Waals surface area contributed by atoms with Gasteiger partial charge in [0.25, 0.3) is 0 Å². The molecule has 0 unspecified atom stereocenters. The van der Waals surface area contributed by atoms with Crippen LogP contribution in [0.25, 0.3) is 0 Å². The third kappa shape index (κ3) is 3.12. The molecule has 9 heavy (non-hydrogen) atoms. The highest BCUT2D eigenvalue weighted by Crippen LogP contribution is 2.15. The first kappa shape index (κ1) is 8.48. The van der Waals surface area contributed by atoms with Gasteiger partial charge in [0.15, 0.2) is 0 Å². The van der Waals surface area contributed by atoms with Gasteiger partial charge in [-0.3, -0.25) is 0 Å². The van der Waals surface area contributed by atoms with E-state index in [1.54, 1.807) is 0 Å². The summed E-state index contributed by atoms with van der Waals surface area (Å²) in [7, 11) is 0. The highest BCUT2D eigenvalue weighted by molar-refractivity contribution is 4.86. The third-order valence-electron chi connectivity index (χ3n) is 1.60. The molecule has 1 atom stereocenters. The summed E-state index contributed by atoms with van der Waals surface area (Å²) in [4.78, 5) is 0. The van der Waals surface area contributed by atoms with Gasteiger partial charge >= 0.3 is 0 Å². The summed E-state index contributed by atoms with van der Waals surface area (Å²) in [5.74, 6) is 1.31. The van der Waals surface area contributed by atoms with Gasteiger partial charge < -0.3 is 0 Å². The zero-order chi connectivity index (χ0) is 7.28. The van der Waals surface area contributed by atoms with Gasteiger partial charge in [0.05, 0.1) is 0 Å². The maximum Gasteiger partial charge on any atom is -0.0179 e. The summed E-state index contributed by atoms with van der Waals surface area (Å²) in [6.07, 6.45) is 5.01. The first-order valence-electron chi connectivity index (χ1n) is 3.45. The van der Waals surface area contributed by atoms with E-state index >= 15 is 0 Å². The predicted molar refractivity (Wildman–Crippen MR) is 43.3 cm³/mol. The second-order valence-corrected chi connectivity index (χ2v) is 2.67. The molecule has 0 aromatic heterocycles. The minimum absolute atomic E-state index is 0.613. The van der Waals surface area contributed by atoms with Crippen LogP contribution in [0.15, 0.2) is 25.3 Å². The van der Waals surface area contributed by atoms with E-state index in [1.807, 2.05) is 12.2 Å². The molecular weight excluding hydrogens is 108 g/mol. The summed E-state index contributed by atoms with van der Waals surface area (Å²) >= 11 is 0. The van der Waals surface area contributed by atoms with Crippen molar-refractivity contribution in [2.24, 2.45) is 11.8 Å². The minimum atomic E-state index is 0.613. The summed E-state index contributed by atoms with van der Waals surface area (Å²) in [5.41, 5.74) is 0. The zero-order valence-electron chi connectivity index (χ0n) is 6.43. The van der Waals surface area contributed by atoms with Crippen LogP contribution < -0.4 is 0 Å². The van der Waals surface area contributed by atoms with Crippen molar-refractivity contribution in [1.82, 2.24) is 0 Å². The summed E-state index contributed by atoms with van der Waals surface area (Å²) in [6, 6.07) is 0. The van der Waals surface area contributed by atoms with Gasteiger partial charge in [-0.25, -0.2) is 0 Å². The fraction of sp³-hybridized carbons (Fsp3) is 0.556. The van der Waals surface area contributed by atoms with Crippen LogP contribution in [0.5, 0.6) is 0 Å². The third-order valence-corrected chi connectivity index (χ3v) is 1.60. The van der Waals surface area contributed by atoms with E-state index in [2.05, 4.69) is 27.0 Å². The molecule has 0 heteroatoms. The average molecular weight is 124 g/mol. The van der Waals surface area contributed by atoms with E-state index in [9.17, 15) is 0 Å². The number of hydrogen-bond donors (Lipinski definition) is 0. The van der Waals surface area contributed by atoms with Crippen molar-refractivity contribution in [2.75, 3.05) is 0 Å². The Hall–Kier alpha value is -0.520. The van der Waals surface area contributed by atoms with Gasteiger partial charge in [-0.05, 0) is 18.3 Å². The maximum atomic E-state index is 3.75. The van der Waals surface area contributed by atoms with Crippen molar-refractivity contribution < 1.29 is 0 Å². The van der Waals surface area contributed by atoms with E-state index in [0.717, 1.165) is 6.42 Å². The van der Waals surface area contributed by atoms with Crippen LogP contribution in [-0.2, 0) is 0 Å². The first-order chi connectivity index (χ1) is 4.22. The SMILES string of the molecule is C=CC[C@H](C=C)C(C)C. The van der Waals surface area contributed by atoms with Crippen LogP contribution in [0.1, 0.15) is 20.3 Å². The van der Waals surface area contributed by atoms with Gasteiger partial charge in [0.1, 0.15) is 0 Å². The Labute approximate surface area is 58.3 Å². The second kappa shape index (κ2) is 4.37. The van der Waals surface area contributed by atoms with Crippen molar-refractivity contribution in [3.05, 3.63) is 25.3 Å². The summed E-state index contributed by atoms with van der Waals surface area (Å²) in [6.45, 7) is 11.8. The molecule has 0 aliphatic carbocycles. The molecule has 0 bridgehead atoms. The highest BCUT2D eigenvalue weighted by Gasteiger charge is 2.05. The lowest BCUT2D eigenvalue weighted by Crippen LogP contribution is -2.02. The molecular formula is C9H16. The molecule has 0 aliphatic rings. The number of hydrogen-bond acceptors (Lipinski definition) is 0. The van der Waals surface area contributed by atoms with E-state index in [1.165, 1.54) is 0 Å². The summed E-state index contributed by atoms with van der Waals surface area (Å²) in [5, 5.41) is 0. The molecule has 0 rings (SSSR count). The molecule has 0 nitrogen and oxygen atoms in total. The summed E-state index contributed by atoms with van der Waals surface area (Å²) < 4.78 is 0. The molecule has 0 spiro atoms. The number of allylic oxidation sites excluding steroid dienone is 2. The van der Waals surface area contributed by atoms with Crippen LogP contribution in [0, 0.1) is 11.8 Å². The molecule has 0 saturated carbocycles. The normalized spacial score (nSPS) is 13.2. The Kier molecular flexibility index (Phi) is 4.12. The lowest BCUT2D eigenvalue weighted by Gasteiger charge is -2.12. The molecule has 0 aliphatic heterocycles. The van der Waals surface area contributed by atoms with Gasteiger partial charge in [-0.1, -0.05) is 26.0 Å². The van der Waals surface area contributed by atoms with Crippen molar-refractivity contribution in [3.63, 3.8) is 0 Å². The Morgan fingerprint density at radius 3 is 2.00 bits per heavy atom. The zero-order valence-corrected chi connectivity index (χ0v) is 6.43. The van der Waals surface area contributed by atoms with Crippen LogP contribution >= 0.6 is 0 Å². The quantitative estimate of drug-likeness (QED) is 0.505. The fourth-order valence-corrected chi connectivity index (χ4v) is 0.833. The van der Waals surface area contributed by atoms with Gasteiger partial charge in [-0.15, -0.1) is 13.2 Å². The standard InChI is InChI=1S/C9H16/c1-5-7-9(6-2)8(3)4/h5-6,8-9H,1-2,7H2,3-4H3/t9-/m0/s1. The largest absolute Gasteiger partial charge is 0.103 e. The Morgan fingerprint density at radius 2 is 1.89 bits per heavy atom. The smallest absolute Gasteiger partial charge is 0.0179 e. The molecule has 0 N–H and O–H groups in total. The molecule has 0 amide bonds. The van der Waals surface area contributed by atoms with E-state index in [-0.39, 0.29) is 0 Å². The van der Waals surface area contributed by atoms with Crippen molar-refractivity contribution in [1.29, 1.82) is 0 Å². The van der Waals surface area contributed by atoms with Crippen LogP contribution in [0.2, 0.25) is 0 Å². The van der Waals surface area contributed by atoms with E-state index in [4.69, 9.17) is 0 Å². The maximum absolute atomic E-state index is 3.75. The second-order valence-electron chi connectivity index (χ2n) is 2.67. The molecule has 52 valence electrons. The van der Waals surface area contributed by atoms with E-state index in [0.29, 0.717) is 11.8 Å². The monoisotopic (exact) mass is 124 g/mol. The molecule has 0 radical (unpaired) electrons.